The Labute approximate surface area is 124 Å². The Morgan fingerprint density at radius 3 is 2.80 bits per heavy atom. The average Bonchev–Trinajstić information content (AvgIpc) is 2.92. The van der Waals surface area contributed by atoms with Gasteiger partial charge in [-0.05, 0) is 44.4 Å². The molecule has 0 radical (unpaired) electrons. The Morgan fingerprint density at radius 2 is 1.90 bits per heavy atom. The molecule has 0 amide bonds. The predicted octanol–water partition coefficient (Wildman–Crippen LogP) is 3.82. The van der Waals surface area contributed by atoms with E-state index in [1.54, 1.807) is 11.3 Å². The van der Waals surface area contributed by atoms with Crippen LogP contribution in [-0.2, 0) is 6.42 Å². The third kappa shape index (κ3) is 2.09. The summed E-state index contributed by atoms with van der Waals surface area (Å²) in [4.78, 5) is 20.4. The number of anilines is 1. The fourth-order valence-electron chi connectivity index (χ4n) is 4.24. The molecule has 2 aliphatic carbocycles. The Balaban J connectivity index is 1.64. The summed E-state index contributed by atoms with van der Waals surface area (Å²) in [6, 6.07) is 0.695. The molecule has 20 heavy (non-hydrogen) atoms. The van der Waals surface area contributed by atoms with Gasteiger partial charge in [0.05, 0.1) is 10.6 Å². The monoisotopic (exact) mass is 290 g/mol. The van der Waals surface area contributed by atoms with E-state index in [4.69, 9.17) is 4.98 Å². The second-order valence-corrected chi connectivity index (χ2v) is 7.47. The lowest BCUT2D eigenvalue weighted by molar-refractivity contribution is 0.0976. The standard InChI is InChI=1S/C16H22N2OS/c19-14-9-3-7-12-15(14)20-16(17-12)18-10-4-6-11-5-1-2-8-13(11)18/h11,13H,1-10H2. The minimum atomic E-state index is 0.326. The van der Waals surface area contributed by atoms with E-state index in [0.717, 1.165) is 47.4 Å². The van der Waals surface area contributed by atoms with Crippen LogP contribution in [0.3, 0.4) is 0 Å². The quantitative estimate of drug-likeness (QED) is 0.788. The maximum atomic E-state index is 12.0. The smallest absolute Gasteiger partial charge is 0.186 e. The average molecular weight is 290 g/mol. The fourth-order valence-corrected chi connectivity index (χ4v) is 5.41. The molecule has 1 aromatic rings. The van der Waals surface area contributed by atoms with Crippen molar-refractivity contribution in [3.8, 4) is 0 Å². The number of carbonyl (C=O) groups is 1. The van der Waals surface area contributed by atoms with E-state index in [-0.39, 0.29) is 0 Å². The molecule has 1 aliphatic heterocycles. The van der Waals surface area contributed by atoms with Crippen molar-refractivity contribution in [3.05, 3.63) is 10.6 Å². The van der Waals surface area contributed by atoms with Gasteiger partial charge in [0.15, 0.2) is 10.9 Å². The maximum absolute atomic E-state index is 12.0. The van der Waals surface area contributed by atoms with Gasteiger partial charge in [0.25, 0.3) is 0 Å². The van der Waals surface area contributed by atoms with Gasteiger partial charge in [0.1, 0.15) is 0 Å². The van der Waals surface area contributed by atoms with E-state index < -0.39 is 0 Å². The first kappa shape index (κ1) is 12.8. The molecule has 1 saturated carbocycles. The van der Waals surface area contributed by atoms with Gasteiger partial charge >= 0.3 is 0 Å². The number of rotatable bonds is 1. The van der Waals surface area contributed by atoms with Crippen LogP contribution in [0.1, 0.15) is 66.7 Å². The molecule has 0 aromatic carbocycles. The Bertz CT molecular complexity index is 523. The highest BCUT2D eigenvalue weighted by molar-refractivity contribution is 7.17. The number of Topliss-reactive ketones (excluding diaryl/α,β-unsaturated/α-hetero) is 1. The summed E-state index contributed by atoms with van der Waals surface area (Å²) in [5, 5.41) is 1.14. The summed E-state index contributed by atoms with van der Waals surface area (Å²) in [5.41, 5.74) is 1.08. The van der Waals surface area contributed by atoms with E-state index >= 15 is 0 Å². The second kappa shape index (κ2) is 5.14. The number of hydrogen-bond acceptors (Lipinski definition) is 4. The molecule has 4 heteroatoms. The number of thiazole rings is 1. The van der Waals surface area contributed by atoms with Gasteiger partial charge in [-0.3, -0.25) is 4.79 Å². The SMILES string of the molecule is O=C1CCCc2nc(N3CCCC4CCCCC43)sc21. The number of aryl methyl sites for hydroxylation is 1. The highest BCUT2D eigenvalue weighted by Crippen LogP contribution is 2.40. The van der Waals surface area contributed by atoms with Crippen LogP contribution in [0.25, 0.3) is 0 Å². The van der Waals surface area contributed by atoms with Crippen molar-refractivity contribution >= 4 is 22.3 Å². The summed E-state index contributed by atoms with van der Waals surface area (Å²) in [6.45, 7) is 1.14. The Hall–Kier alpha value is -0.900. The van der Waals surface area contributed by atoms with Gasteiger partial charge in [-0.2, -0.15) is 0 Å². The molecule has 1 aromatic heterocycles. The molecule has 3 nitrogen and oxygen atoms in total. The zero-order valence-corrected chi connectivity index (χ0v) is 12.8. The number of hydrogen-bond donors (Lipinski definition) is 0. The largest absolute Gasteiger partial charge is 0.345 e. The van der Waals surface area contributed by atoms with Gasteiger partial charge < -0.3 is 4.90 Å². The molecule has 108 valence electrons. The first-order valence-corrected chi connectivity index (χ1v) is 8.94. The van der Waals surface area contributed by atoms with Crippen molar-refractivity contribution < 1.29 is 4.79 Å². The molecule has 2 heterocycles. The maximum Gasteiger partial charge on any atom is 0.186 e. The summed E-state index contributed by atoms with van der Waals surface area (Å²) >= 11 is 1.67. The lowest BCUT2D eigenvalue weighted by atomic mass is 9.78. The Morgan fingerprint density at radius 1 is 1.05 bits per heavy atom. The molecule has 3 aliphatic rings. The van der Waals surface area contributed by atoms with E-state index in [0.29, 0.717) is 11.8 Å². The van der Waals surface area contributed by atoms with Crippen molar-refractivity contribution in [2.45, 2.75) is 63.8 Å². The van der Waals surface area contributed by atoms with Crippen molar-refractivity contribution in [1.82, 2.24) is 4.98 Å². The van der Waals surface area contributed by atoms with Crippen LogP contribution in [-0.4, -0.2) is 23.4 Å². The summed E-state index contributed by atoms with van der Waals surface area (Å²) in [6.07, 6.45) is 10.9. The van der Waals surface area contributed by atoms with Crippen LogP contribution in [0.5, 0.6) is 0 Å². The predicted molar refractivity (Wildman–Crippen MR) is 81.7 cm³/mol. The van der Waals surface area contributed by atoms with Crippen molar-refractivity contribution in [3.63, 3.8) is 0 Å². The summed E-state index contributed by atoms with van der Waals surface area (Å²) in [5.74, 6) is 1.20. The van der Waals surface area contributed by atoms with Crippen LogP contribution in [0, 0.1) is 5.92 Å². The molecule has 2 fully saturated rings. The van der Waals surface area contributed by atoms with Crippen LogP contribution >= 0.6 is 11.3 Å². The first-order chi connectivity index (χ1) is 9.83. The third-order valence-electron chi connectivity index (χ3n) is 5.25. The Kier molecular flexibility index (Phi) is 3.29. The zero-order valence-electron chi connectivity index (χ0n) is 11.9. The summed E-state index contributed by atoms with van der Waals surface area (Å²) in [7, 11) is 0. The lowest BCUT2D eigenvalue weighted by Crippen LogP contribution is -2.46. The van der Waals surface area contributed by atoms with Crippen LogP contribution in [0.15, 0.2) is 0 Å². The van der Waals surface area contributed by atoms with Crippen molar-refractivity contribution in [2.75, 3.05) is 11.4 Å². The van der Waals surface area contributed by atoms with Gasteiger partial charge in [0.2, 0.25) is 0 Å². The van der Waals surface area contributed by atoms with Gasteiger partial charge in [0, 0.05) is 19.0 Å². The van der Waals surface area contributed by atoms with E-state index in [1.165, 1.54) is 38.5 Å². The molecule has 0 N–H and O–H groups in total. The van der Waals surface area contributed by atoms with Crippen LogP contribution < -0.4 is 4.90 Å². The molecule has 0 bridgehead atoms. The molecule has 4 rings (SSSR count). The van der Waals surface area contributed by atoms with Gasteiger partial charge in [-0.25, -0.2) is 4.98 Å². The molecule has 2 atom stereocenters. The van der Waals surface area contributed by atoms with Crippen molar-refractivity contribution in [2.24, 2.45) is 5.92 Å². The normalized spacial score (nSPS) is 30.0. The molecular formula is C16H22N2OS. The third-order valence-corrected chi connectivity index (χ3v) is 6.42. The minimum Gasteiger partial charge on any atom is -0.345 e. The summed E-state index contributed by atoms with van der Waals surface area (Å²) < 4.78 is 0. The second-order valence-electron chi connectivity index (χ2n) is 6.50. The minimum absolute atomic E-state index is 0.326. The molecule has 1 saturated heterocycles. The van der Waals surface area contributed by atoms with Crippen molar-refractivity contribution in [1.29, 1.82) is 0 Å². The number of nitrogens with zero attached hydrogens (tertiary/aromatic N) is 2. The van der Waals surface area contributed by atoms with Crippen LogP contribution in [0.2, 0.25) is 0 Å². The fraction of sp³-hybridized carbons (Fsp3) is 0.750. The van der Waals surface area contributed by atoms with E-state index in [9.17, 15) is 4.79 Å². The first-order valence-electron chi connectivity index (χ1n) is 8.12. The number of fused-ring (bicyclic) bond motifs is 2. The van der Waals surface area contributed by atoms with Gasteiger partial charge in [-0.1, -0.05) is 24.2 Å². The lowest BCUT2D eigenvalue weighted by Gasteiger charge is -2.44. The van der Waals surface area contributed by atoms with E-state index in [2.05, 4.69) is 4.90 Å². The topological polar surface area (TPSA) is 33.2 Å². The highest BCUT2D eigenvalue weighted by atomic mass is 32.1. The zero-order chi connectivity index (χ0) is 13.5. The molecule has 0 spiro atoms. The molecule has 2 unspecified atom stereocenters. The number of piperidine rings is 1. The number of carbonyl (C=O) groups excluding carboxylic acids is 1. The highest BCUT2D eigenvalue weighted by Gasteiger charge is 2.35. The van der Waals surface area contributed by atoms with Crippen LogP contribution in [0.4, 0.5) is 5.13 Å². The number of ketones is 1. The molecular weight excluding hydrogens is 268 g/mol. The number of aromatic nitrogens is 1. The van der Waals surface area contributed by atoms with Gasteiger partial charge in [-0.15, -0.1) is 0 Å². The van der Waals surface area contributed by atoms with E-state index in [1.807, 2.05) is 0 Å².